The van der Waals surface area contributed by atoms with Crippen LogP contribution >= 0.6 is 0 Å². The number of hydrogen-bond donors (Lipinski definition) is 2. The number of unbranched alkanes of at least 4 members (excludes halogenated alkanes) is 13. The van der Waals surface area contributed by atoms with Gasteiger partial charge in [0.05, 0.1) is 6.10 Å². The molecule has 0 saturated carbocycles. The summed E-state index contributed by atoms with van der Waals surface area (Å²) >= 11 is 0. The van der Waals surface area contributed by atoms with Crippen LogP contribution < -0.4 is 5.73 Å². The smallest absolute Gasteiger partial charge is 0.252 e. The van der Waals surface area contributed by atoms with E-state index in [2.05, 4.69) is 13.8 Å². The van der Waals surface area contributed by atoms with Gasteiger partial charge in [-0.3, -0.25) is 4.79 Å². The van der Waals surface area contributed by atoms with Crippen molar-refractivity contribution in [2.75, 3.05) is 6.61 Å². The molecule has 0 aliphatic carbocycles. The highest BCUT2D eigenvalue weighted by atomic mass is 16.5. The first-order valence-electron chi connectivity index (χ1n) is 12.2. The summed E-state index contributed by atoms with van der Waals surface area (Å²) in [5.41, 5.74) is 4.47. The molecule has 0 radical (unpaired) electrons. The van der Waals surface area contributed by atoms with Crippen LogP contribution in [0.3, 0.4) is 0 Å². The van der Waals surface area contributed by atoms with Gasteiger partial charge in [0.1, 0.15) is 0 Å². The maximum Gasteiger partial charge on any atom is 0.252 e. The lowest BCUT2D eigenvalue weighted by Gasteiger charge is -2.35. The zero-order chi connectivity index (χ0) is 21.1. The number of ether oxygens (including phenoxy) is 1. The van der Waals surface area contributed by atoms with Crippen LogP contribution in [0, 0.1) is 0 Å². The standard InChI is InChI=1S/C24H49NO3/c1-4-7-9-10-11-12-13-14-15-16-17-18-20-24(23(25)27,22(26)6-3)28-21-19-8-5-2/h22,26H,4-21H2,1-3H3,(H2,25,27). The van der Waals surface area contributed by atoms with Gasteiger partial charge < -0.3 is 15.6 Å². The molecular weight excluding hydrogens is 350 g/mol. The quantitative estimate of drug-likeness (QED) is 0.223. The fourth-order valence-electron chi connectivity index (χ4n) is 3.86. The molecular formula is C24H49NO3. The van der Waals surface area contributed by atoms with E-state index in [-0.39, 0.29) is 0 Å². The van der Waals surface area contributed by atoms with Crippen LogP contribution in [-0.2, 0) is 9.53 Å². The molecule has 0 saturated heterocycles. The highest BCUT2D eigenvalue weighted by Crippen LogP contribution is 2.27. The zero-order valence-electron chi connectivity index (χ0n) is 19.1. The van der Waals surface area contributed by atoms with Crippen molar-refractivity contribution in [3.63, 3.8) is 0 Å². The van der Waals surface area contributed by atoms with Gasteiger partial charge in [0, 0.05) is 6.61 Å². The van der Waals surface area contributed by atoms with E-state index in [0.29, 0.717) is 19.4 Å². The van der Waals surface area contributed by atoms with Crippen LogP contribution in [0.2, 0.25) is 0 Å². The molecule has 0 rings (SSSR count). The van der Waals surface area contributed by atoms with Crippen molar-refractivity contribution in [3.05, 3.63) is 0 Å². The number of rotatable bonds is 21. The van der Waals surface area contributed by atoms with Crippen molar-refractivity contribution >= 4 is 5.91 Å². The molecule has 0 fully saturated rings. The summed E-state index contributed by atoms with van der Waals surface area (Å²) in [7, 11) is 0. The average Bonchev–Trinajstić information content (AvgIpc) is 2.69. The minimum absolute atomic E-state index is 0.481. The Morgan fingerprint density at radius 2 is 1.21 bits per heavy atom. The van der Waals surface area contributed by atoms with Crippen molar-refractivity contribution in [3.8, 4) is 0 Å². The van der Waals surface area contributed by atoms with Gasteiger partial charge >= 0.3 is 0 Å². The Morgan fingerprint density at radius 1 is 0.786 bits per heavy atom. The van der Waals surface area contributed by atoms with E-state index in [1.165, 1.54) is 64.2 Å². The topological polar surface area (TPSA) is 72.5 Å². The number of nitrogens with two attached hydrogens (primary N) is 1. The molecule has 4 nitrogen and oxygen atoms in total. The highest BCUT2D eigenvalue weighted by Gasteiger charge is 2.43. The van der Waals surface area contributed by atoms with E-state index < -0.39 is 17.6 Å². The molecule has 0 aliphatic rings. The van der Waals surface area contributed by atoms with E-state index >= 15 is 0 Å². The predicted molar refractivity (Wildman–Crippen MR) is 119 cm³/mol. The maximum atomic E-state index is 12.2. The molecule has 1 amide bonds. The lowest BCUT2D eigenvalue weighted by molar-refractivity contribution is -0.165. The van der Waals surface area contributed by atoms with E-state index in [0.717, 1.165) is 32.1 Å². The lowest BCUT2D eigenvalue weighted by Crippen LogP contribution is -2.55. The molecule has 2 unspecified atom stereocenters. The number of carbonyl (C=O) groups is 1. The van der Waals surface area contributed by atoms with Crippen molar-refractivity contribution < 1.29 is 14.6 Å². The lowest BCUT2D eigenvalue weighted by atomic mass is 9.87. The van der Waals surface area contributed by atoms with Gasteiger partial charge in [0.2, 0.25) is 0 Å². The van der Waals surface area contributed by atoms with Crippen molar-refractivity contribution in [1.82, 2.24) is 0 Å². The Balaban J connectivity index is 4.05. The summed E-state index contributed by atoms with van der Waals surface area (Å²) < 4.78 is 5.92. The fraction of sp³-hybridized carbons (Fsp3) is 0.958. The third kappa shape index (κ3) is 12.1. The zero-order valence-corrected chi connectivity index (χ0v) is 19.1. The number of carbonyl (C=O) groups excluding carboxylic acids is 1. The number of primary amides is 1. The summed E-state index contributed by atoms with van der Waals surface area (Å²) in [4.78, 5) is 12.2. The third-order valence-electron chi connectivity index (χ3n) is 5.85. The van der Waals surface area contributed by atoms with Crippen LogP contribution in [0.4, 0.5) is 0 Å². The molecule has 0 heterocycles. The minimum atomic E-state index is -1.21. The number of aliphatic hydroxyl groups excluding tert-OH is 1. The molecule has 28 heavy (non-hydrogen) atoms. The van der Waals surface area contributed by atoms with Gasteiger partial charge in [-0.1, -0.05) is 104 Å². The normalized spacial score (nSPS) is 14.7. The first-order chi connectivity index (χ1) is 13.5. The van der Waals surface area contributed by atoms with Gasteiger partial charge in [0.15, 0.2) is 5.60 Å². The molecule has 0 aromatic carbocycles. The molecule has 0 aromatic rings. The first kappa shape index (κ1) is 27.4. The van der Waals surface area contributed by atoms with Crippen molar-refractivity contribution in [2.24, 2.45) is 5.73 Å². The highest BCUT2D eigenvalue weighted by molar-refractivity contribution is 5.84. The number of amides is 1. The van der Waals surface area contributed by atoms with Gasteiger partial charge in [0.25, 0.3) is 5.91 Å². The Labute approximate surface area is 175 Å². The van der Waals surface area contributed by atoms with E-state index in [1.54, 1.807) is 0 Å². The summed E-state index contributed by atoms with van der Waals surface area (Å²) in [6, 6.07) is 0. The number of hydrogen-bond acceptors (Lipinski definition) is 3. The summed E-state index contributed by atoms with van der Waals surface area (Å²) in [6.07, 6.45) is 18.5. The molecule has 2 atom stereocenters. The molecule has 4 heteroatoms. The second-order valence-corrected chi connectivity index (χ2v) is 8.37. The fourth-order valence-corrected chi connectivity index (χ4v) is 3.86. The van der Waals surface area contributed by atoms with Gasteiger partial charge in [-0.2, -0.15) is 0 Å². The van der Waals surface area contributed by atoms with Crippen molar-refractivity contribution in [2.45, 2.75) is 142 Å². The van der Waals surface area contributed by atoms with Gasteiger partial charge in [-0.05, 0) is 25.7 Å². The maximum absolute atomic E-state index is 12.2. The average molecular weight is 400 g/mol. The van der Waals surface area contributed by atoms with Crippen LogP contribution in [-0.4, -0.2) is 29.3 Å². The molecule has 0 spiro atoms. The number of aliphatic hydroxyl groups is 1. The van der Waals surface area contributed by atoms with Crippen LogP contribution in [0.15, 0.2) is 0 Å². The summed E-state index contributed by atoms with van der Waals surface area (Å²) in [5.74, 6) is -0.513. The summed E-state index contributed by atoms with van der Waals surface area (Å²) in [5, 5.41) is 10.4. The van der Waals surface area contributed by atoms with Crippen LogP contribution in [0.25, 0.3) is 0 Å². The van der Waals surface area contributed by atoms with Crippen LogP contribution in [0.5, 0.6) is 0 Å². The van der Waals surface area contributed by atoms with Crippen LogP contribution in [0.1, 0.15) is 130 Å². The van der Waals surface area contributed by atoms with Gasteiger partial charge in [-0.15, -0.1) is 0 Å². The minimum Gasteiger partial charge on any atom is -0.390 e. The molecule has 3 N–H and O–H groups in total. The first-order valence-corrected chi connectivity index (χ1v) is 12.2. The summed E-state index contributed by atoms with van der Waals surface area (Å²) in [6.45, 7) is 6.76. The van der Waals surface area contributed by atoms with Crippen molar-refractivity contribution in [1.29, 1.82) is 0 Å². The van der Waals surface area contributed by atoms with E-state index in [9.17, 15) is 9.90 Å². The second-order valence-electron chi connectivity index (χ2n) is 8.37. The van der Waals surface area contributed by atoms with E-state index in [4.69, 9.17) is 10.5 Å². The largest absolute Gasteiger partial charge is 0.390 e. The second kappa shape index (κ2) is 18.4. The Bertz CT molecular complexity index is 362. The molecule has 0 bridgehead atoms. The monoisotopic (exact) mass is 399 g/mol. The molecule has 0 aromatic heterocycles. The Morgan fingerprint density at radius 3 is 1.64 bits per heavy atom. The SMILES string of the molecule is CCCCCCCCCCCCCCC(OCCCCC)(C(N)=O)C(O)CC. The molecule has 0 aliphatic heterocycles. The van der Waals surface area contributed by atoms with E-state index in [1.807, 2.05) is 6.92 Å². The van der Waals surface area contributed by atoms with Gasteiger partial charge in [-0.25, -0.2) is 0 Å². The Hall–Kier alpha value is -0.610. The predicted octanol–water partition coefficient (Wildman–Crippen LogP) is 6.28. The third-order valence-corrected chi connectivity index (χ3v) is 5.85. The molecule has 168 valence electrons. The Kier molecular flexibility index (Phi) is 18.0.